The molecular formula is C28H20Cl2F3N3O2. The van der Waals surface area contributed by atoms with E-state index in [4.69, 9.17) is 27.9 Å². The van der Waals surface area contributed by atoms with Crippen molar-refractivity contribution in [3.05, 3.63) is 111 Å². The molecule has 1 heterocycles. The third-order valence-corrected chi connectivity index (χ3v) is 7.16. The van der Waals surface area contributed by atoms with Crippen LogP contribution in [0.4, 0.5) is 23.9 Å². The number of rotatable bonds is 5. The van der Waals surface area contributed by atoms with Gasteiger partial charge in [0.05, 0.1) is 15.7 Å². The maximum absolute atomic E-state index is 13.6. The molecule has 0 fully saturated rings. The first kappa shape index (κ1) is 26.0. The number of ether oxygens (including phenoxy) is 1. The SMILES string of the molecule is O=C(Nc1ncc2c(n1)-c1ccccc1C(c1ccc(Cl)c(Cl)c1)C2)OCC(c1ccccc1)C(F)(F)F. The number of amides is 1. The number of fused-ring (bicyclic) bond motifs is 3. The van der Waals surface area contributed by atoms with Crippen LogP contribution in [0.25, 0.3) is 11.3 Å². The summed E-state index contributed by atoms with van der Waals surface area (Å²) in [4.78, 5) is 21.1. The quantitative estimate of drug-likeness (QED) is 0.269. The number of nitrogens with one attached hydrogen (secondary N) is 1. The van der Waals surface area contributed by atoms with Crippen molar-refractivity contribution < 1.29 is 22.7 Å². The van der Waals surface area contributed by atoms with Crippen LogP contribution in [0.1, 0.15) is 34.1 Å². The lowest BCUT2D eigenvalue weighted by atomic mass is 9.78. The van der Waals surface area contributed by atoms with Crippen molar-refractivity contribution in [1.29, 1.82) is 0 Å². The van der Waals surface area contributed by atoms with E-state index >= 15 is 0 Å². The van der Waals surface area contributed by atoms with Crippen LogP contribution in [0.3, 0.4) is 0 Å². The number of halogens is 5. The molecule has 1 aliphatic carbocycles. The van der Waals surface area contributed by atoms with Gasteiger partial charge in [0.1, 0.15) is 12.5 Å². The highest BCUT2D eigenvalue weighted by atomic mass is 35.5. The monoisotopic (exact) mass is 557 g/mol. The Morgan fingerprint density at radius 3 is 2.50 bits per heavy atom. The number of nitrogens with zero attached hydrogens (tertiary/aromatic N) is 2. The zero-order chi connectivity index (χ0) is 26.9. The van der Waals surface area contributed by atoms with Crippen LogP contribution >= 0.6 is 23.2 Å². The molecular weight excluding hydrogens is 538 g/mol. The number of benzene rings is 3. The summed E-state index contributed by atoms with van der Waals surface area (Å²) < 4.78 is 45.6. The Hall–Kier alpha value is -3.62. The predicted octanol–water partition coefficient (Wildman–Crippen LogP) is 8.03. The van der Waals surface area contributed by atoms with Crippen LogP contribution in [0.2, 0.25) is 10.0 Å². The van der Waals surface area contributed by atoms with Crippen molar-refractivity contribution in [2.24, 2.45) is 0 Å². The topological polar surface area (TPSA) is 64.1 Å². The first-order chi connectivity index (χ1) is 18.2. The van der Waals surface area contributed by atoms with Gasteiger partial charge < -0.3 is 4.74 Å². The number of hydrogen-bond donors (Lipinski definition) is 1. The highest BCUT2D eigenvalue weighted by Crippen LogP contribution is 2.43. The van der Waals surface area contributed by atoms with Crippen LogP contribution in [0.5, 0.6) is 0 Å². The molecule has 38 heavy (non-hydrogen) atoms. The first-order valence-electron chi connectivity index (χ1n) is 11.7. The second kappa shape index (κ2) is 10.6. The van der Waals surface area contributed by atoms with Gasteiger partial charge in [-0.1, -0.05) is 83.9 Å². The Morgan fingerprint density at radius 1 is 1.03 bits per heavy atom. The smallest absolute Gasteiger partial charge is 0.414 e. The maximum atomic E-state index is 13.6. The Labute approximate surface area is 226 Å². The summed E-state index contributed by atoms with van der Waals surface area (Å²) >= 11 is 12.4. The molecule has 0 saturated carbocycles. The third kappa shape index (κ3) is 5.47. The van der Waals surface area contributed by atoms with Crippen molar-refractivity contribution in [3.63, 3.8) is 0 Å². The minimum absolute atomic E-state index is 0.00552. The van der Waals surface area contributed by atoms with Crippen molar-refractivity contribution >= 4 is 35.2 Å². The van der Waals surface area contributed by atoms with Crippen LogP contribution < -0.4 is 5.32 Å². The second-order valence-electron chi connectivity index (χ2n) is 8.81. The molecule has 1 aromatic heterocycles. The zero-order valence-electron chi connectivity index (χ0n) is 19.7. The van der Waals surface area contributed by atoms with Gasteiger partial charge in [0, 0.05) is 17.7 Å². The van der Waals surface area contributed by atoms with Gasteiger partial charge in [-0.05, 0) is 40.8 Å². The third-order valence-electron chi connectivity index (χ3n) is 6.42. The van der Waals surface area contributed by atoms with E-state index in [1.807, 2.05) is 36.4 Å². The standard InChI is InChI=1S/C28H20Cl2F3N3O2/c29-23-11-10-17(13-24(23)30)21-12-18-14-34-26(35-25(18)20-9-5-4-8-19(20)21)36-27(37)38-15-22(28(31,32)33)16-6-2-1-3-7-16/h1-11,13-14,21-22H,12,15H2,(H,34,35,36,37). The van der Waals surface area contributed by atoms with E-state index in [0.717, 1.165) is 22.3 Å². The lowest BCUT2D eigenvalue weighted by Gasteiger charge is -2.27. The van der Waals surface area contributed by atoms with E-state index in [9.17, 15) is 18.0 Å². The van der Waals surface area contributed by atoms with Crippen molar-refractivity contribution in [3.8, 4) is 11.3 Å². The molecule has 194 valence electrons. The minimum Gasteiger partial charge on any atom is -0.448 e. The fourth-order valence-electron chi connectivity index (χ4n) is 4.57. The fraction of sp³-hybridized carbons (Fsp3) is 0.179. The Morgan fingerprint density at radius 2 is 1.76 bits per heavy atom. The highest BCUT2D eigenvalue weighted by molar-refractivity contribution is 6.42. The molecule has 2 unspecified atom stereocenters. The number of aromatic nitrogens is 2. The van der Waals surface area contributed by atoms with Gasteiger partial charge in [-0.15, -0.1) is 0 Å². The maximum Gasteiger partial charge on any atom is 0.414 e. The Balaban J connectivity index is 1.35. The Bertz CT molecular complexity index is 1480. The average Bonchev–Trinajstić information content (AvgIpc) is 2.90. The van der Waals surface area contributed by atoms with Crippen molar-refractivity contribution in [2.75, 3.05) is 11.9 Å². The molecule has 1 amide bonds. The summed E-state index contributed by atoms with van der Waals surface area (Å²) in [6.07, 6.45) is -3.48. The summed E-state index contributed by atoms with van der Waals surface area (Å²) in [6, 6.07) is 20.5. The Kier molecular flexibility index (Phi) is 7.27. The van der Waals surface area contributed by atoms with Crippen LogP contribution in [0, 0.1) is 0 Å². The van der Waals surface area contributed by atoms with Gasteiger partial charge in [0.2, 0.25) is 5.95 Å². The molecule has 0 aliphatic heterocycles. The van der Waals surface area contributed by atoms with Gasteiger partial charge in [-0.3, -0.25) is 5.32 Å². The minimum atomic E-state index is -4.58. The van der Waals surface area contributed by atoms with Gasteiger partial charge in [-0.25, -0.2) is 14.8 Å². The van der Waals surface area contributed by atoms with E-state index in [-0.39, 0.29) is 17.4 Å². The number of hydrogen-bond acceptors (Lipinski definition) is 4. The zero-order valence-corrected chi connectivity index (χ0v) is 21.2. The molecule has 0 saturated heterocycles. The highest BCUT2D eigenvalue weighted by Gasteiger charge is 2.41. The summed E-state index contributed by atoms with van der Waals surface area (Å²) in [7, 11) is 0. The number of alkyl halides is 3. The van der Waals surface area contributed by atoms with Gasteiger partial charge in [0.25, 0.3) is 0 Å². The number of anilines is 1. The summed E-state index contributed by atoms with van der Waals surface area (Å²) in [6.45, 7) is -0.877. The summed E-state index contributed by atoms with van der Waals surface area (Å²) in [5.41, 5.74) is 4.33. The lowest BCUT2D eigenvalue weighted by Crippen LogP contribution is -2.28. The van der Waals surface area contributed by atoms with Crippen molar-refractivity contribution in [1.82, 2.24) is 9.97 Å². The molecule has 3 aromatic carbocycles. The van der Waals surface area contributed by atoms with E-state index in [1.165, 1.54) is 24.3 Å². The van der Waals surface area contributed by atoms with E-state index in [0.29, 0.717) is 22.2 Å². The average molecular weight is 558 g/mol. The van der Waals surface area contributed by atoms with Crippen molar-refractivity contribution in [2.45, 2.75) is 24.4 Å². The van der Waals surface area contributed by atoms with Crippen LogP contribution in [-0.4, -0.2) is 28.8 Å². The van der Waals surface area contributed by atoms with Gasteiger partial charge in [0.15, 0.2) is 0 Å². The molecule has 0 spiro atoms. The number of carbonyl (C=O) groups excluding carboxylic acids is 1. The molecule has 0 bridgehead atoms. The van der Waals surface area contributed by atoms with Crippen LogP contribution in [-0.2, 0) is 11.2 Å². The molecule has 5 rings (SSSR count). The molecule has 1 N–H and O–H groups in total. The van der Waals surface area contributed by atoms with E-state index in [2.05, 4.69) is 15.3 Å². The molecule has 1 aliphatic rings. The fourth-order valence-corrected chi connectivity index (χ4v) is 4.88. The molecule has 2 atom stereocenters. The second-order valence-corrected chi connectivity index (χ2v) is 9.63. The molecule has 10 heteroatoms. The van der Waals surface area contributed by atoms with Gasteiger partial charge in [-0.2, -0.15) is 13.2 Å². The van der Waals surface area contributed by atoms with E-state index < -0.39 is 24.8 Å². The first-order valence-corrected chi connectivity index (χ1v) is 12.4. The normalized spacial score (nSPS) is 15.2. The summed E-state index contributed by atoms with van der Waals surface area (Å²) in [5.74, 6) is -2.04. The molecule has 5 nitrogen and oxygen atoms in total. The summed E-state index contributed by atoms with van der Waals surface area (Å²) in [5, 5.41) is 3.28. The van der Waals surface area contributed by atoms with Crippen LogP contribution in [0.15, 0.2) is 79.0 Å². The predicted molar refractivity (Wildman–Crippen MR) is 140 cm³/mol. The molecule has 0 radical (unpaired) electrons. The van der Waals surface area contributed by atoms with Gasteiger partial charge >= 0.3 is 12.3 Å². The van der Waals surface area contributed by atoms with E-state index in [1.54, 1.807) is 18.3 Å². The lowest BCUT2D eigenvalue weighted by molar-refractivity contribution is -0.158. The molecule has 4 aromatic rings. The number of carbonyl (C=O) groups is 1. The largest absolute Gasteiger partial charge is 0.448 e.